The molecule has 1 fully saturated rings. The lowest BCUT2D eigenvalue weighted by Crippen LogP contribution is -2.39. The van der Waals surface area contributed by atoms with Crippen LogP contribution in [0.4, 0.5) is 0 Å². The minimum absolute atomic E-state index is 0.0107. The van der Waals surface area contributed by atoms with Crippen LogP contribution in [0.1, 0.15) is 6.42 Å². The van der Waals surface area contributed by atoms with E-state index in [2.05, 4.69) is 10.2 Å². The lowest BCUT2D eigenvalue weighted by atomic mass is 10.3. The first-order valence-electron chi connectivity index (χ1n) is 8.40. The predicted molar refractivity (Wildman–Crippen MR) is 94.8 cm³/mol. The lowest BCUT2D eigenvalue weighted by Gasteiger charge is -2.22. The summed E-state index contributed by atoms with van der Waals surface area (Å²) in [5, 5.41) is 6.50. The molecule has 3 heterocycles. The molecule has 142 valence electrons. The van der Waals surface area contributed by atoms with Gasteiger partial charge in [-0.15, -0.1) is 0 Å². The van der Waals surface area contributed by atoms with Crippen LogP contribution in [0.5, 0.6) is 0 Å². The van der Waals surface area contributed by atoms with Crippen molar-refractivity contribution in [3.63, 3.8) is 0 Å². The van der Waals surface area contributed by atoms with Crippen molar-refractivity contribution in [2.75, 3.05) is 46.8 Å². The molecule has 2 aromatic rings. The topological polar surface area (TPSA) is 103 Å². The van der Waals surface area contributed by atoms with Gasteiger partial charge in [0, 0.05) is 39.9 Å². The van der Waals surface area contributed by atoms with Crippen molar-refractivity contribution in [2.24, 2.45) is 0 Å². The molecule has 1 aliphatic rings. The predicted octanol–water partition coefficient (Wildman–Crippen LogP) is 0.454. The highest BCUT2D eigenvalue weighted by molar-refractivity contribution is 7.89. The number of amides is 1. The Labute approximate surface area is 152 Å². The molecule has 0 unspecified atom stereocenters. The first kappa shape index (κ1) is 18.6. The molecule has 0 spiro atoms. The van der Waals surface area contributed by atoms with Crippen LogP contribution >= 0.6 is 0 Å². The van der Waals surface area contributed by atoms with E-state index >= 15 is 0 Å². The number of nitrogens with zero attached hydrogens (tertiary/aromatic N) is 4. The van der Waals surface area contributed by atoms with Crippen LogP contribution in [-0.4, -0.2) is 85.4 Å². The molecule has 26 heavy (non-hydrogen) atoms. The molecule has 1 N–H and O–H groups in total. The third-order valence-electron chi connectivity index (χ3n) is 4.35. The van der Waals surface area contributed by atoms with Gasteiger partial charge in [0.2, 0.25) is 11.0 Å². The molecule has 0 bridgehead atoms. The third-order valence-corrected chi connectivity index (χ3v) is 6.12. The Kier molecular flexibility index (Phi) is 5.44. The average molecular weight is 381 g/mol. The monoisotopic (exact) mass is 381 g/mol. The van der Waals surface area contributed by atoms with Gasteiger partial charge < -0.3 is 9.32 Å². The van der Waals surface area contributed by atoms with E-state index in [4.69, 9.17) is 4.42 Å². The Bertz CT molecular complexity index is 844. The molecule has 0 aliphatic carbocycles. The number of rotatable bonds is 5. The molecular formula is C16H23N5O4S. The smallest absolute Gasteiger partial charge is 0.276 e. The molecule has 10 heteroatoms. The lowest BCUT2D eigenvalue weighted by molar-refractivity contribution is -0.129. The van der Waals surface area contributed by atoms with Crippen LogP contribution in [-0.2, 0) is 14.8 Å². The second-order valence-electron chi connectivity index (χ2n) is 6.41. The van der Waals surface area contributed by atoms with Crippen molar-refractivity contribution in [3.8, 4) is 11.5 Å². The summed E-state index contributed by atoms with van der Waals surface area (Å²) in [5.74, 6) is 0.436. The number of likely N-dealkylation sites (N-methyl/N-ethyl adjacent to an activating group) is 1. The minimum Gasteiger partial charge on any atom is -0.442 e. The molecule has 9 nitrogen and oxygen atoms in total. The van der Waals surface area contributed by atoms with E-state index < -0.39 is 10.0 Å². The Balaban J connectivity index is 1.69. The average Bonchev–Trinajstić information content (AvgIpc) is 3.23. The first-order valence-corrected chi connectivity index (χ1v) is 9.84. The maximum absolute atomic E-state index is 12.9. The first-order chi connectivity index (χ1) is 12.4. The zero-order valence-electron chi connectivity index (χ0n) is 14.9. The number of hydrogen-bond donors (Lipinski definition) is 1. The summed E-state index contributed by atoms with van der Waals surface area (Å²) in [6, 6.07) is 4.78. The van der Waals surface area contributed by atoms with Crippen molar-refractivity contribution in [2.45, 2.75) is 11.5 Å². The molecule has 0 atom stereocenters. The van der Waals surface area contributed by atoms with Crippen LogP contribution in [0.2, 0.25) is 0 Å². The van der Waals surface area contributed by atoms with E-state index in [-0.39, 0.29) is 11.0 Å². The second kappa shape index (κ2) is 7.60. The van der Waals surface area contributed by atoms with Crippen LogP contribution in [0.15, 0.2) is 33.9 Å². The van der Waals surface area contributed by atoms with Gasteiger partial charge in [-0.2, -0.15) is 9.40 Å². The quantitative estimate of drug-likeness (QED) is 0.807. The molecule has 3 rings (SSSR count). The molecule has 2 aromatic heterocycles. The summed E-state index contributed by atoms with van der Waals surface area (Å²) in [4.78, 5) is 15.4. The number of carbonyl (C=O) groups excluding carboxylic acids is 1. The molecule has 0 saturated carbocycles. The molecular weight excluding hydrogens is 358 g/mol. The maximum Gasteiger partial charge on any atom is 0.276 e. The largest absolute Gasteiger partial charge is 0.442 e. The third kappa shape index (κ3) is 3.97. The number of carbonyl (C=O) groups is 1. The van der Waals surface area contributed by atoms with E-state index in [1.54, 1.807) is 37.3 Å². The van der Waals surface area contributed by atoms with Crippen LogP contribution in [0.3, 0.4) is 0 Å². The Morgan fingerprint density at radius 3 is 2.73 bits per heavy atom. The van der Waals surface area contributed by atoms with Gasteiger partial charge in [-0.3, -0.25) is 14.8 Å². The fourth-order valence-corrected chi connectivity index (χ4v) is 4.18. The number of aromatic nitrogens is 2. The van der Waals surface area contributed by atoms with E-state index in [0.29, 0.717) is 50.6 Å². The number of hydrogen-bond acceptors (Lipinski definition) is 6. The highest BCUT2D eigenvalue weighted by Crippen LogP contribution is 2.25. The van der Waals surface area contributed by atoms with Crippen molar-refractivity contribution >= 4 is 15.9 Å². The van der Waals surface area contributed by atoms with Crippen molar-refractivity contribution in [1.82, 2.24) is 24.3 Å². The molecule has 1 saturated heterocycles. The molecule has 0 aromatic carbocycles. The van der Waals surface area contributed by atoms with E-state index in [0.717, 1.165) is 0 Å². The SMILES string of the molecule is CN(C)C(=O)CN1CCCN(S(=O)(=O)c2ccc(-c3ccn[nH]3)o2)CC1. The van der Waals surface area contributed by atoms with Gasteiger partial charge in [0.1, 0.15) is 5.69 Å². The number of furan rings is 1. The van der Waals surface area contributed by atoms with Gasteiger partial charge in [0.05, 0.1) is 6.54 Å². The van der Waals surface area contributed by atoms with E-state index in [9.17, 15) is 13.2 Å². The number of aromatic amines is 1. The Morgan fingerprint density at radius 1 is 1.23 bits per heavy atom. The van der Waals surface area contributed by atoms with E-state index in [1.165, 1.54) is 10.4 Å². The van der Waals surface area contributed by atoms with Crippen molar-refractivity contribution in [3.05, 3.63) is 24.4 Å². The van der Waals surface area contributed by atoms with Crippen LogP contribution in [0.25, 0.3) is 11.5 Å². The summed E-state index contributed by atoms with van der Waals surface area (Å²) >= 11 is 0. The van der Waals surface area contributed by atoms with Gasteiger partial charge >= 0.3 is 0 Å². The van der Waals surface area contributed by atoms with Crippen LogP contribution < -0.4 is 0 Å². The van der Waals surface area contributed by atoms with Gasteiger partial charge in [0.15, 0.2) is 5.76 Å². The van der Waals surface area contributed by atoms with Crippen LogP contribution in [0, 0.1) is 0 Å². The Hall–Kier alpha value is -2.17. The fourth-order valence-electron chi connectivity index (χ4n) is 2.80. The number of nitrogens with one attached hydrogen (secondary N) is 1. The molecule has 1 amide bonds. The number of H-pyrrole nitrogens is 1. The van der Waals surface area contributed by atoms with Crippen molar-refractivity contribution in [1.29, 1.82) is 0 Å². The summed E-state index contributed by atoms with van der Waals surface area (Å²) < 4.78 is 32.7. The maximum atomic E-state index is 12.9. The highest BCUT2D eigenvalue weighted by Gasteiger charge is 2.30. The van der Waals surface area contributed by atoms with Crippen molar-refractivity contribution < 1.29 is 17.6 Å². The normalized spacial score (nSPS) is 17.2. The summed E-state index contributed by atoms with van der Waals surface area (Å²) in [6.45, 7) is 2.21. The van der Waals surface area contributed by atoms with Gasteiger partial charge in [0.25, 0.3) is 10.0 Å². The Morgan fingerprint density at radius 2 is 2.04 bits per heavy atom. The highest BCUT2D eigenvalue weighted by atomic mass is 32.2. The van der Waals surface area contributed by atoms with Gasteiger partial charge in [-0.25, -0.2) is 8.42 Å². The number of sulfonamides is 1. The molecule has 1 aliphatic heterocycles. The second-order valence-corrected chi connectivity index (χ2v) is 8.28. The summed E-state index contributed by atoms with van der Waals surface area (Å²) in [5.41, 5.74) is 0.621. The standard InChI is InChI=1S/C16H23N5O4S/c1-19(2)15(22)12-20-8-3-9-21(11-10-20)26(23,24)16-5-4-14(25-16)13-6-7-17-18-13/h4-7H,3,8-12H2,1-2H3,(H,17,18). The zero-order valence-corrected chi connectivity index (χ0v) is 15.7. The van der Waals surface area contributed by atoms with Gasteiger partial charge in [-0.1, -0.05) is 0 Å². The summed E-state index contributed by atoms with van der Waals surface area (Å²) in [6.07, 6.45) is 2.23. The van der Waals surface area contributed by atoms with E-state index in [1.807, 2.05) is 4.90 Å². The molecule has 0 radical (unpaired) electrons. The fraction of sp³-hybridized carbons (Fsp3) is 0.500. The zero-order chi connectivity index (χ0) is 18.7. The minimum atomic E-state index is -3.71. The van der Waals surface area contributed by atoms with Gasteiger partial charge in [-0.05, 0) is 31.2 Å². The summed E-state index contributed by atoms with van der Waals surface area (Å²) in [7, 11) is -0.287.